The number of nitrogens with zero attached hydrogens (tertiary/aromatic N) is 3. The SMILES string of the molecule is CS(=O)Oc1nc(N)c(C=N)c(NCc2ccc(CN3CCCC3)cc2)n1. The van der Waals surface area contributed by atoms with Gasteiger partial charge in [0.25, 0.3) is 0 Å². The van der Waals surface area contributed by atoms with Crippen LogP contribution in [0.25, 0.3) is 0 Å². The van der Waals surface area contributed by atoms with Gasteiger partial charge in [-0.1, -0.05) is 24.3 Å². The first-order valence-corrected chi connectivity index (χ1v) is 10.3. The molecule has 1 aliphatic heterocycles. The van der Waals surface area contributed by atoms with Crippen LogP contribution in [0.1, 0.15) is 29.5 Å². The fourth-order valence-corrected chi connectivity index (χ4v) is 3.32. The van der Waals surface area contributed by atoms with E-state index in [4.69, 9.17) is 15.3 Å². The average Bonchev–Trinajstić information content (AvgIpc) is 3.13. The maximum absolute atomic E-state index is 11.2. The van der Waals surface area contributed by atoms with Crippen molar-refractivity contribution < 1.29 is 8.39 Å². The van der Waals surface area contributed by atoms with Crippen LogP contribution in [0.2, 0.25) is 0 Å². The average molecular weight is 388 g/mol. The van der Waals surface area contributed by atoms with Crippen molar-refractivity contribution in [2.75, 3.05) is 30.4 Å². The third-order valence-corrected chi connectivity index (χ3v) is 4.76. The van der Waals surface area contributed by atoms with E-state index in [0.717, 1.165) is 18.3 Å². The van der Waals surface area contributed by atoms with Crippen LogP contribution < -0.4 is 15.2 Å². The number of rotatable bonds is 8. The van der Waals surface area contributed by atoms with Crippen molar-refractivity contribution in [2.24, 2.45) is 0 Å². The molecule has 9 heteroatoms. The molecule has 0 amide bonds. The van der Waals surface area contributed by atoms with E-state index in [-0.39, 0.29) is 11.8 Å². The highest BCUT2D eigenvalue weighted by molar-refractivity contribution is 7.79. The molecule has 0 aliphatic carbocycles. The lowest BCUT2D eigenvalue weighted by molar-refractivity contribution is 0.331. The van der Waals surface area contributed by atoms with E-state index in [1.165, 1.54) is 37.8 Å². The molecule has 1 aliphatic rings. The molecule has 3 rings (SSSR count). The summed E-state index contributed by atoms with van der Waals surface area (Å²) in [5.74, 6) is 0.475. The Morgan fingerprint density at radius 1 is 1.26 bits per heavy atom. The van der Waals surface area contributed by atoms with Crippen molar-refractivity contribution in [3.05, 3.63) is 41.0 Å². The Bertz CT molecular complexity index is 821. The quantitative estimate of drug-likeness (QED) is 0.592. The Labute approximate surface area is 161 Å². The van der Waals surface area contributed by atoms with Gasteiger partial charge in [-0.2, -0.15) is 9.97 Å². The predicted molar refractivity (Wildman–Crippen MR) is 107 cm³/mol. The number of nitrogen functional groups attached to an aromatic ring is 1. The smallest absolute Gasteiger partial charge is 0.334 e. The van der Waals surface area contributed by atoms with Crippen molar-refractivity contribution >= 4 is 28.9 Å². The highest BCUT2D eigenvalue weighted by Crippen LogP contribution is 2.21. The van der Waals surface area contributed by atoms with Crippen LogP contribution in [0.3, 0.4) is 0 Å². The van der Waals surface area contributed by atoms with E-state index in [2.05, 4.69) is 44.5 Å². The molecule has 1 aromatic carbocycles. The zero-order valence-corrected chi connectivity index (χ0v) is 16.1. The summed E-state index contributed by atoms with van der Waals surface area (Å²) in [6.07, 6.45) is 5.04. The van der Waals surface area contributed by atoms with Gasteiger partial charge in [0.1, 0.15) is 11.6 Å². The molecule has 1 atom stereocenters. The van der Waals surface area contributed by atoms with E-state index in [9.17, 15) is 4.21 Å². The standard InChI is InChI=1S/C18H24N6O2S/c1-27(25)26-18-22-16(20)15(10-19)17(23-18)21-11-13-4-6-14(7-5-13)12-24-8-2-3-9-24/h4-7,10,19H,2-3,8-9,11-12H2,1H3,(H3,20,21,22,23). The molecule has 2 heterocycles. The molecule has 0 bridgehead atoms. The molecule has 0 radical (unpaired) electrons. The number of nitrogens with one attached hydrogen (secondary N) is 2. The van der Waals surface area contributed by atoms with Crippen molar-refractivity contribution in [1.29, 1.82) is 5.41 Å². The third-order valence-electron chi connectivity index (χ3n) is 4.38. The summed E-state index contributed by atoms with van der Waals surface area (Å²) in [4.78, 5) is 10.6. The van der Waals surface area contributed by atoms with Gasteiger partial charge in [-0.05, 0) is 37.1 Å². The minimum absolute atomic E-state index is 0.0811. The molecular formula is C18H24N6O2S. The van der Waals surface area contributed by atoms with Crippen LogP contribution in [0.4, 0.5) is 11.6 Å². The normalized spacial score (nSPS) is 15.4. The molecular weight excluding hydrogens is 364 g/mol. The van der Waals surface area contributed by atoms with E-state index in [1.54, 1.807) is 0 Å². The van der Waals surface area contributed by atoms with Gasteiger partial charge >= 0.3 is 6.01 Å². The monoisotopic (exact) mass is 388 g/mol. The highest BCUT2D eigenvalue weighted by Gasteiger charge is 2.13. The van der Waals surface area contributed by atoms with E-state index in [1.807, 2.05) is 0 Å². The third kappa shape index (κ3) is 5.24. The van der Waals surface area contributed by atoms with Gasteiger partial charge in [0, 0.05) is 25.6 Å². The van der Waals surface area contributed by atoms with Crippen LogP contribution in [-0.2, 0) is 24.2 Å². The molecule has 1 unspecified atom stereocenters. The largest absolute Gasteiger partial charge is 0.383 e. The number of anilines is 2. The number of aromatic nitrogens is 2. The van der Waals surface area contributed by atoms with Crippen molar-refractivity contribution in [3.8, 4) is 6.01 Å². The number of nitrogens with two attached hydrogens (primary N) is 1. The molecule has 4 N–H and O–H groups in total. The molecule has 0 spiro atoms. The first kappa shape index (κ1) is 19.2. The maximum Gasteiger partial charge on any atom is 0.334 e. The topological polar surface area (TPSA) is 117 Å². The Morgan fingerprint density at radius 3 is 2.56 bits per heavy atom. The fourth-order valence-electron chi connectivity index (χ4n) is 3.03. The molecule has 144 valence electrons. The van der Waals surface area contributed by atoms with Crippen LogP contribution >= 0.6 is 0 Å². The second-order valence-electron chi connectivity index (χ2n) is 6.44. The first-order valence-electron chi connectivity index (χ1n) is 8.79. The summed E-state index contributed by atoms with van der Waals surface area (Å²) in [5.41, 5.74) is 8.60. The predicted octanol–water partition coefficient (Wildman–Crippen LogP) is 1.94. The molecule has 1 aromatic heterocycles. The van der Waals surface area contributed by atoms with Crippen molar-refractivity contribution in [2.45, 2.75) is 25.9 Å². The second kappa shape index (κ2) is 8.92. The van der Waals surface area contributed by atoms with Crippen LogP contribution in [-0.4, -0.2) is 44.6 Å². The first-order chi connectivity index (χ1) is 13.0. The number of hydrogen-bond donors (Lipinski definition) is 3. The Balaban J connectivity index is 1.67. The van der Waals surface area contributed by atoms with Gasteiger partial charge in [0.05, 0.1) is 5.56 Å². The van der Waals surface area contributed by atoms with Crippen LogP contribution in [0, 0.1) is 5.41 Å². The van der Waals surface area contributed by atoms with E-state index in [0.29, 0.717) is 17.9 Å². The van der Waals surface area contributed by atoms with Gasteiger partial charge in [-0.3, -0.25) is 4.90 Å². The van der Waals surface area contributed by atoms with Crippen molar-refractivity contribution in [3.63, 3.8) is 0 Å². The molecule has 0 saturated carbocycles. The van der Waals surface area contributed by atoms with Gasteiger partial charge < -0.3 is 20.6 Å². The minimum atomic E-state index is -1.56. The Kier molecular flexibility index (Phi) is 6.36. The minimum Gasteiger partial charge on any atom is -0.383 e. The summed E-state index contributed by atoms with van der Waals surface area (Å²) >= 11 is -1.56. The summed E-state index contributed by atoms with van der Waals surface area (Å²) in [7, 11) is 0. The molecule has 2 aromatic rings. The van der Waals surface area contributed by atoms with Gasteiger partial charge in [0.2, 0.25) is 11.1 Å². The lowest BCUT2D eigenvalue weighted by Crippen LogP contribution is -2.18. The maximum atomic E-state index is 11.2. The summed E-state index contributed by atoms with van der Waals surface area (Å²) in [6, 6.07) is 8.34. The number of hydrogen-bond acceptors (Lipinski definition) is 8. The lowest BCUT2D eigenvalue weighted by Gasteiger charge is -2.15. The van der Waals surface area contributed by atoms with Crippen LogP contribution in [0.15, 0.2) is 24.3 Å². The fraction of sp³-hybridized carbons (Fsp3) is 0.389. The second-order valence-corrected chi connectivity index (χ2v) is 7.41. The lowest BCUT2D eigenvalue weighted by atomic mass is 10.1. The van der Waals surface area contributed by atoms with Gasteiger partial charge in [0.15, 0.2) is 0 Å². The van der Waals surface area contributed by atoms with Crippen molar-refractivity contribution in [1.82, 2.24) is 14.9 Å². The molecule has 27 heavy (non-hydrogen) atoms. The summed E-state index contributed by atoms with van der Waals surface area (Å²) in [5, 5.41) is 10.7. The Hall–Kier alpha value is -2.52. The van der Waals surface area contributed by atoms with E-state index < -0.39 is 11.1 Å². The number of benzene rings is 1. The Morgan fingerprint density at radius 2 is 1.93 bits per heavy atom. The van der Waals surface area contributed by atoms with Gasteiger partial charge in [-0.15, -0.1) is 0 Å². The highest BCUT2D eigenvalue weighted by atomic mass is 32.2. The van der Waals surface area contributed by atoms with E-state index >= 15 is 0 Å². The molecule has 8 nitrogen and oxygen atoms in total. The molecule has 1 fully saturated rings. The zero-order valence-electron chi connectivity index (χ0n) is 15.3. The summed E-state index contributed by atoms with van der Waals surface area (Å²) in [6.45, 7) is 3.86. The zero-order chi connectivity index (χ0) is 19.2. The van der Waals surface area contributed by atoms with Crippen LogP contribution in [0.5, 0.6) is 6.01 Å². The molecule has 1 saturated heterocycles. The number of likely N-dealkylation sites (tertiary alicyclic amines) is 1. The summed E-state index contributed by atoms with van der Waals surface area (Å²) < 4.78 is 16.2. The van der Waals surface area contributed by atoms with Gasteiger partial charge in [-0.25, -0.2) is 4.21 Å².